The van der Waals surface area contributed by atoms with Gasteiger partial charge in [0.05, 0.1) is 44.8 Å². The van der Waals surface area contributed by atoms with E-state index in [1.54, 1.807) is 0 Å². The molecule has 5 aromatic carbocycles. The number of hydrogen-bond acceptors (Lipinski definition) is 8. The summed E-state index contributed by atoms with van der Waals surface area (Å²) < 4.78 is 0. The molecule has 8 heteroatoms. The maximum Gasteiger partial charge on any atom is 0.126 e. The molecule has 0 atom stereocenters. The van der Waals surface area contributed by atoms with Gasteiger partial charge in [-0.3, -0.25) is 9.97 Å². The number of pyridine rings is 2. The van der Waals surface area contributed by atoms with Crippen LogP contribution in [0.25, 0.3) is 54.4 Å². The number of nitrogens with zero attached hydrogens (tertiary/aromatic N) is 8. The second-order valence-electron chi connectivity index (χ2n) is 24.1. The summed E-state index contributed by atoms with van der Waals surface area (Å²) in [7, 11) is 0. The zero-order valence-electron chi connectivity index (χ0n) is 56.6. The SMILES string of the molecule is Cc1c(C)c(C)c2c(C)nnc(C)c2c1C.Cc1nc(C)c2c(C)c(C)c(C)c(C)c2c1C.Cc1nc(C)c2c(C)c(C)c(C)c(C)c2n1.Cc1nc2c(C)c(C)c(C)c(C)c2c(C)c1C.Cc1nc2c(C)c(C)c(C)c(C)c2nc1C. The quantitative estimate of drug-likeness (QED) is 0.148. The maximum atomic E-state index is 4.80. The molecule has 0 fully saturated rings. The number of aryl methyl sites for hydroxylation is 21. The lowest BCUT2D eigenvalue weighted by atomic mass is 9.89. The van der Waals surface area contributed by atoms with E-state index in [2.05, 4.69) is 222 Å². The lowest BCUT2D eigenvalue weighted by molar-refractivity contribution is 0.959. The molecule has 5 heterocycles. The second kappa shape index (κ2) is 24.4. The van der Waals surface area contributed by atoms with Crippen LogP contribution in [0.4, 0.5) is 0 Å². The van der Waals surface area contributed by atoms with Gasteiger partial charge in [-0.05, 0) is 355 Å². The third-order valence-corrected chi connectivity index (χ3v) is 19.8. The van der Waals surface area contributed by atoms with E-state index in [-0.39, 0.29) is 0 Å². The molecule has 82 heavy (non-hydrogen) atoms. The molecule has 10 aromatic rings. The molecule has 0 unspecified atom stereocenters. The van der Waals surface area contributed by atoms with E-state index in [0.29, 0.717) is 0 Å². The highest BCUT2D eigenvalue weighted by molar-refractivity contribution is 5.96. The van der Waals surface area contributed by atoms with Gasteiger partial charge < -0.3 is 0 Å². The Balaban J connectivity index is 0.000000165. The van der Waals surface area contributed by atoms with E-state index in [1.165, 1.54) is 166 Å². The van der Waals surface area contributed by atoms with Gasteiger partial charge in [-0.2, -0.15) is 10.2 Å². The molecular weight excluding hydrogens is 1000 g/mol. The maximum absolute atomic E-state index is 4.80. The fourth-order valence-electron chi connectivity index (χ4n) is 12.3. The average molecular weight is 1100 g/mol. The molecule has 0 bridgehead atoms. The van der Waals surface area contributed by atoms with Gasteiger partial charge in [-0.15, -0.1) is 0 Å². The van der Waals surface area contributed by atoms with Crippen molar-refractivity contribution in [3.05, 3.63) is 179 Å². The standard InChI is InChI=1S/2C16H21N.3C14H18N2/c1-8-9(2)13(6)16-15(11(8)4)12(5)10(3)14(7)17-16;1-8-9(2)11(4)16-14(7)17-13(6)12(5)15(16)10(8)3;1-7-8(2)10(4)14-13(9(7)3)11(5)15-12(6)16-14;1-7-8(2)10(4)14-12(6)16-15-11(5)13(14)9(7)3;1-7-8(2)10(4)14-13(9(7)3)15-11(5)12(6)16-14/h2*1-7H3;3*1-6H3. The minimum atomic E-state index is 0.857. The summed E-state index contributed by atoms with van der Waals surface area (Å²) in [5, 5.41) is 16.4. The summed E-state index contributed by atoms with van der Waals surface area (Å²) in [6.45, 7) is 68.7. The number of fused-ring (bicyclic) bond motifs is 5. The minimum Gasteiger partial charge on any atom is -0.258 e. The molecule has 5 aromatic heterocycles. The van der Waals surface area contributed by atoms with Crippen molar-refractivity contribution in [2.45, 2.75) is 222 Å². The van der Waals surface area contributed by atoms with E-state index >= 15 is 0 Å². The van der Waals surface area contributed by atoms with Gasteiger partial charge in [-0.1, -0.05) is 0 Å². The summed E-state index contributed by atoms with van der Waals surface area (Å²) in [4.78, 5) is 27.9. The number of rotatable bonds is 0. The third kappa shape index (κ3) is 11.4. The predicted molar refractivity (Wildman–Crippen MR) is 354 cm³/mol. The normalized spacial score (nSPS) is 11.2. The zero-order valence-corrected chi connectivity index (χ0v) is 56.6. The van der Waals surface area contributed by atoms with Gasteiger partial charge >= 0.3 is 0 Å². The van der Waals surface area contributed by atoms with Crippen LogP contribution >= 0.6 is 0 Å². The topological polar surface area (TPSA) is 103 Å². The van der Waals surface area contributed by atoms with Crippen molar-refractivity contribution in [1.82, 2.24) is 40.1 Å². The minimum absolute atomic E-state index is 0.857. The molecule has 0 amide bonds. The highest BCUT2D eigenvalue weighted by Crippen LogP contribution is 2.36. The summed E-state index contributed by atoms with van der Waals surface area (Å²) in [6.07, 6.45) is 0. The van der Waals surface area contributed by atoms with E-state index in [0.717, 1.165) is 67.9 Å². The largest absolute Gasteiger partial charge is 0.258 e. The number of hydrogen-bond donors (Lipinski definition) is 0. The number of benzene rings is 5. The zero-order chi connectivity index (χ0) is 61.9. The lowest BCUT2D eigenvalue weighted by Gasteiger charge is -2.18. The summed E-state index contributed by atoms with van der Waals surface area (Å²) in [5.74, 6) is 0.857. The Labute approximate surface area is 492 Å². The van der Waals surface area contributed by atoms with Crippen molar-refractivity contribution in [3.8, 4) is 0 Å². The second-order valence-corrected chi connectivity index (χ2v) is 24.1. The van der Waals surface area contributed by atoms with Crippen molar-refractivity contribution in [3.63, 3.8) is 0 Å². The molecule has 0 spiro atoms. The third-order valence-electron chi connectivity index (χ3n) is 19.8. The number of aromatic nitrogens is 8. The molecule has 0 radical (unpaired) electrons. The van der Waals surface area contributed by atoms with Crippen molar-refractivity contribution in [2.75, 3.05) is 0 Å². The Morgan fingerprint density at radius 2 is 0.390 bits per heavy atom. The molecule has 0 N–H and O–H groups in total. The van der Waals surface area contributed by atoms with Crippen molar-refractivity contribution in [1.29, 1.82) is 0 Å². The van der Waals surface area contributed by atoms with Crippen molar-refractivity contribution in [2.24, 2.45) is 0 Å². The first kappa shape index (κ1) is 64.1. The van der Waals surface area contributed by atoms with Crippen LogP contribution in [0.1, 0.15) is 179 Å². The smallest absolute Gasteiger partial charge is 0.126 e. The van der Waals surface area contributed by atoms with Crippen LogP contribution in [0.2, 0.25) is 0 Å². The highest BCUT2D eigenvalue weighted by atomic mass is 15.1. The first-order chi connectivity index (χ1) is 38.0. The van der Waals surface area contributed by atoms with Crippen LogP contribution in [0.5, 0.6) is 0 Å². The predicted octanol–water partition coefficient (Wildman–Crippen LogP) is 19.2. The summed E-state index contributed by atoms with van der Waals surface area (Å²) in [5.41, 5.74) is 44.2. The van der Waals surface area contributed by atoms with Crippen LogP contribution in [-0.2, 0) is 0 Å². The molecule has 0 saturated carbocycles. The molecule has 8 nitrogen and oxygen atoms in total. The molecule has 0 saturated heterocycles. The van der Waals surface area contributed by atoms with Crippen LogP contribution in [0.3, 0.4) is 0 Å². The van der Waals surface area contributed by atoms with E-state index in [1.807, 2.05) is 34.6 Å². The molecule has 432 valence electrons. The van der Waals surface area contributed by atoms with Gasteiger partial charge in [0.1, 0.15) is 5.82 Å². The van der Waals surface area contributed by atoms with Crippen LogP contribution in [0.15, 0.2) is 0 Å². The van der Waals surface area contributed by atoms with E-state index < -0.39 is 0 Å². The van der Waals surface area contributed by atoms with Gasteiger partial charge in [0.15, 0.2) is 0 Å². The molecule has 0 aliphatic heterocycles. The van der Waals surface area contributed by atoms with Crippen LogP contribution < -0.4 is 0 Å². The Morgan fingerprint density at radius 1 is 0.134 bits per heavy atom. The Kier molecular flexibility index (Phi) is 19.1. The molecular formula is C74H96N8. The van der Waals surface area contributed by atoms with Crippen LogP contribution in [0, 0.1) is 222 Å². The highest BCUT2D eigenvalue weighted by Gasteiger charge is 2.19. The van der Waals surface area contributed by atoms with Gasteiger partial charge in [-0.25, -0.2) is 19.9 Å². The molecule has 10 rings (SSSR count). The van der Waals surface area contributed by atoms with Crippen LogP contribution in [-0.4, -0.2) is 40.1 Å². The summed E-state index contributed by atoms with van der Waals surface area (Å²) >= 11 is 0. The van der Waals surface area contributed by atoms with E-state index in [9.17, 15) is 0 Å². The van der Waals surface area contributed by atoms with Crippen molar-refractivity contribution < 1.29 is 0 Å². The lowest BCUT2D eigenvalue weighted by Crippen LogP contribution is -2.01. The monoisotopic (exact) mass is 1100 g/mol. The van der Waals surface area contributed by atoms with Gasteiger partial charge in [0, 0.05) is 49.7 Å². The first-order valence-electron chi connectivity index (χ1n) is 29.3. The summed E-state index contributed by atoms with van der Waals surface area (Å²) in [6, 6.07) is 0. The average Bonchev–Trinajstić information content (AvgIpc) is 3.55. The fraction of sp³-hybridized carbons (Fsp3) is 0.432. The van der Waals surface area contributed by atoms with Gasteiger partial charge in [0.2, 0.25) is 0 Å². The van der Waals surface area contributed by atoms with Gasteiger partial charge in [0.25, 0.3) is 0 Å². The van der Waals surface area contributed by atoms with Crippen molar-refractivity contribution >= 4 is 54.4 Å². The fourth-order valence-corrected chi connectivity index (χ4v) is 12.3. The Bertz CT molecular complexity index is 4140. The molecule has 0 aliphatic carbocycles. The van der Waals surface area contributed by atoms with E-state index in [4.69, 9.17) is 4.98 Å². The molecule has 0 aliphatic rings. The Hall–Kier alpha value is -7.06. The Morgan fingerprint density at radius 3 is 0.780 bits per heavy atom. The first-order valence-corrected chi connectivity index (χ1v) is 29.3.